The van der Waals surface area contributed by atoms with Gasteiger partial charge in [0.25, 0.3) is 5.91 Å². The van der Waals surface area contributed by atoms with Crippen LogP contribution in [0, 0.1) is 0 Å². The summed E-state index contributed by atoms with van der Waals surface area (Å²) in [6.07, 6.45) is 3.44. The first-order valence-electron chi connectivity index (χ1n) is 4.82. The summed E-state index contributed by atoms with van der Waals surface area (Å²) >= 11 is 0. The molecule has 4 N–H and O–H groups in total. The predicted molar refractivity (Wildman–Crippen MR) is 61.8 cm³/mol. The van der Waals surface area contributed by atoms with Crippen molar-refractivity contribution in [3.05, 3.63) is 36.2 Å². The predicted octanol–water partition coefficient (Wildman–Crippen LogP) is 1.02. The van der Waals surface area contributed by atoms with Crippen LogP contribution in [0.3, 0.4) is 0 Å². The Bertz CT molecular complexity index is 505. The van der Waals surface area contributed by atoms with E-state index < -0.39 is 0 Å². The van der Waals surface area contributed by atoms with Gasteiger partial charge in [0.05, 0.1) is 6.20 Å². The number of hydrogen-bond donors (Lipinski definition) is 3. The Labute approximate surface area is 92.7 Å². The summed E-state index contributed by atoms with van der Waals surface area (Å²) in [5.41, 5.74) is 8.61. The minimum absolute atomic E-state index is 0.156. The van der Waals surface area contributed by atoms with Gasteiger partial charge in [-0.05, 0) is 23.8 Å². The number of carbonyl (C=O) groups excluding carboxylic acids is 1. The number of aromatic nitrogens is 2. The van der Waals surface area contributed by atoms with Gasteiger partial charge in [-0.25, -0.2) is 0 Å². The molecule has 0 aliphatic heterocycles. The number of rotatable bonds is 2. The molecule has 0 saturated heterocycles. The van der Waals surface area contributed by atoms with Crippen LogP contribution in [0.15, 0.2) is 30.6 Å². The van der Waals surface area contributed by atoms with Crippen molar-refractivity contribution < 1.29 is 4.79 Å². The summed E-state index contributed by atoms with van der Waals surface area (Å²) in [7, 11) is 1.59. The lowest BCUT2D eigenvalue weighted by atomic mass is 10.0. The summed E-state index contributed by atoms with van der Waals surface area (Å²) in [6, 6.07) is 5.22. The lowest BCUT2D eigenvalue weighted by molar-refractivity contribution is 0.0963. The second-order valence-electron chi connectivity index (χ2n) is 3.41. The van der Waals surface area contributed by atoms with E-state index in [0.29, 0.717) is 11.3 Å². The number of aromatic amines is 1. The van der Waals surface area contributed by atoms with Crippen LogP contribution in [-0.2, 0) is 0 Å². The van der Waals surface area contributed by atoms with E-state index in [1.165, 1.54) is 0 Å². The van der Waals surface area contributed by atoms with Crippen LogP contribution in [0.1, 0.15) is 10.4 Å². The Balaban J connectivity index is 2.48. The number of anilines is 1. The number of benzene rings is 1. The molecule has 0 atom stereocenters. The SMILES string of the molecule is CNC(=O)c1cc(N)cc(-c2cn[nH]c2)c1. The molecular formula is C11H12N4O. The summed E-state index contributed by atoms with van der Waals surface area (Å²) in [5.74, 6) is -0.156. The van der Waals surface area contributed by atoms with E-state index in [0.717, 1.165) is 11.1 Å². The Kier molecular flexibility index (Phi) is 2.59. The molecule has 0 aliphatic carbocycles. The maximum Gasteiger partial charge on any atom is 0.251 e. The van der Waals surface area contributed by atoms with Crippen molar-refractivity contribution in [2.24, 2.45) is 0 Å². The number of amides is 1. The zero-order valence-electron chi connectivity index (χ0n) is 8.82. The Morgan fingerprint density at radius 1 is 1.38 bits per heavy atom. The fourth-order valence-electron chi connectivity index (χ4n) is 1.50. The molecule has 0 aliphatic rings. The summed E-state index contributed by atoms with van der Waals surface area (Å²) < 4.78 is 0. The van der Waals surface area contributed by atoms with E-state index >= 15 is 0 Å². The largest absolute Gasteiger partial charge is 0.399 e. The molecule has 82 valence electrons. The number of nitrogens with two attached hydrogens (primary N) is 1. The maximum absolute atomic E-state index is 11.5. The molecule has 5 heteroatoms. The summed E-state index contributed by atoms with van der Waals surface area (Å²) in [6.45, 7) is 0. The molecule has 0 unspecified atom stereocenters. The first-order valence-corrected chi connectivity index (χ1v) is 4.82. The molecule has 1 heterocycles. The average Bonchev–Trinajstić information content (AvgIpc) is 2.80. The highest BCUT2D eigenvalue weighted by Gasteiger charge is 2.07. The van der Waals surface area contributed by atoms with Crippen molar-refractivity contribution in [3.63, 3.8) is 0 Å². The quantitative estimate of drug-likeness (QED) is 0.655. The second-order valence-corrected chi connectivity index (χ2v) is 3.41. The van der Waals surface area contributed by atoms with Crippen LogP contribution < -0.4 is 11.1 Å². The van der Waals surface area contributed by atoms with Crippen molar-refractivity contribution in [1.82, 2.24) is 15.5 Å². The van der Waals surface area contributed by atoms with Gasteiger partial charge in [-0.15, -0.1) is 0 Å². The number of carbonyl (C=O) groups is 1. The standard InChI is InChI=1S/C11H12N4O/c1-13-11(16)8-2-7(3-10(12)4-8)9-5-14-15-6-9/h2-6H,12H2,1H3,(H,13,16)(H,14,15). The molecule has 2 aromatic rings. The van der Waals surface area contributed by atoms with Crippen LogP contribution in [-0.4, -0.2) is 23.2 Å². The van der Waals surface area contributed by atoms with Gasteiger partial charge < -0.3 is 11.1 Å². The van der Waals surface area contributed by atoms with E-state index in [-0.39, 0.29) is 5.91 Å². The number of hydrogen-bond acceptors (Lipinski definition) is 3. The number of nitrogens with zero attached hydrogens (tertiary/aromatic N) is 1. The lowest BCUT2D eigenvalue weighted by Gasteiger charge is -2.04. The molecule has 1 aromatic heterocycles. The molecule has 0 bridgehead atoms. The maximum atomic E-state index is 11.5. The van der Waals surface area contributed by atoms with Crippen LogP contribution in [0.4, 0.5) is 5.69 Å². The van der Waals surface area contributed by atoms with Crippen LogP contribution in [0.2, 0.25) is 0 Å². The molecule has 0 spiro atoms. The van der Waals surface area contributed by atoms with E-state index in [1.807, 2.05) is 0 Å². The minimum atomic E-state index is -0.156. The molecule has 0 radical (unpaired) electrons. The van der Waals surface area contributed by atoms with Crippen LogP contribution in [0.5, 0.6) is 0 Å². The van der Waals surface area contributed by atoms with Gasteiger partial charge in [0.1, 0.15) is 0 Å². The normalized spacial score (nSPS) is 10.1. The Hall–Kier alpha value is -2.30. The van der Waals surface area contributed by atoms with E-state index in [2.05, 4.69) is 15.5 Å². The minimum Gasteiger partial charge on any atom is -0.399 e. The third-order valence-electron chi connectivity index (χ3n) is 2.28. The van der Waals surface area contributed by atoms with Gasteiger partial charge in [0.2, 0.25) is 0 Å². The Morgan fingerprint density at radius 3 is 2.81 bits per heavy atom. The highest BCUT2D eigenvalue weighted by molar-refractivity contribution is 5.96. The van der Waals surface area contributed by atoms with Crippen molar-refractivity contribution in [2.45, 2.75) is 0 Å². The van der Waals surface area contributed by atoms with Gasteiger partial charge in [-0.3, -0.25) is 9.89 Å². The van der Waals surface area contributed by atoms with Gasteiger partial charge >= 0.3 is 0 Å². The van der Waals surface area contributed by atoms with Gasteiger partial charge in [0, 0.05) is 30.1 Å². The molecule has 0 fully saturated rings. The van der Waals surface area contributed by atoms with E-state index in [1.54, 1.807) is 37.6 Å². The van der Waals surface area contributed by atoms with Crippen molar-refractivity contribution in [1.29, 1.82) is 0 Å². The van der Waals surface area contributed by atoms with Crippen LogP contribution >= 0.6 is 0 Å². The smallest absolute Gasteiger partial charge is 0.251 e. The van der Waals surface area contributed by atoms with Crippen LogP contribution in [0.25, 0.3) is 11.1 Å². The van der Waals surface area contributed by atoms with E-state index in [9.17, 15) is 4.79 Å². The number of nitrogen functional groups attached to an aromatic ring is 1. The molecule has 1 amide bonds. The van der Waals surface area contributed by atoms with Gasteiger partial charge in [-0.1, -0.05) is 0 Å². The fraction of sp³-hybridized carbons (Fsp3) is 0.0909. The van der Waals surface area contributed by atoms with Crippen molar-refractivity contribution in [3.8, 4) is 11.1 Å². The van der Waals surface area contributed by atoms with Gasteiger partial charge in [0.15, 0.2) is 0 Å². The van der Waals surface area contributed by atoms with Gasteiger partial charge in [-0.2, -0.15) is 5.10 Å². The first kappa shape index (κ1) is 10.2. The highest BCUT2D eigenvalue weighted by atomic mass is 16.1. The third kappa shape index (κ3) is 1.88. The average molecular weight is 216 g/mol. The van der Waals surface area contributed by atoms with E-state index in [4.69, 9.17) is 5.73 Å². The Morgan fingerprint density at radius 2 is 2.19 bits per heavy atom. The lowest BCUT2D eigenvalue weighted by Crippen LogP contribution is -2.17. The second kappa shape index (κ2) is 4.06. The molecule has 16 heavy (non-hydrogen) atoms. The highest BCUT2D eigenvalue weighted by Crippen LogP contribution is 2.22. The molecule has 5 nitrogen and oxygen atoms in total. The number of nitrogens with one attached hydrogen (secondary N) is 2. The first-order chi connectivity index (χ1) is 7.70. The topological polar surface area (TPSA) is 83.8 Å². The molecule has 0 saturated carbocycles. The monoisotopic (exact) mass is 216 g/mol. The third-order valence-corrected chi connectivity index (χ3v) is 2.28. The zero-order chi connectivity index (χ0) is 11.5. The molecule has 1 aromatic carbocycles. The molecule has 2 rings (SSSR count). The fourth-order valence-corrected chi connectivity index (χ4v) is 1.50. The summed E-state index contributed by atoms with van der Waals surface area (Å²) in [5, 5.41) is 9.14. The number of H-pyrrole nitrogens is 1. The zero-order valence-corrected chi connectivity index (χ0v) is 8.82. The molecular weight excluding hydrogens is 204 g/mol. The summed E-state index contributed by atoms with van der Waals surface area (Å²) in [4.78, 5) is 11.5. The van der Waals surface area contributed by atoms with Crippen molar-refractivity contribution in [2.75, 3.05) is 12.8 Å². The van der Waals surface area contributed by atoms with Crippen molar-refractivity contribution >= 4 is 11.6 Å².